The van der Waals surface area contributed by atoms with E-state index in [2.05, 4.69) is 74.9 Å². The number of ether oxygens (including phenoxy) is 1. The Hall–Kier alpha value is -1.69. The van der Waals surface area contributed by atoms with Gasteiger partial charge in [-0.05, 0) is 34.5 Å². The average Bonchev–Trinajstić information content (AvgIpc) is 2.94. The molecule has 1 fully saturated rings. The van der Waals surface area contributed by atoms with Crippen LogP contribution in [0, 0.1) is 0 Å². The van der Waals surface area contributed by atoms with Gasteiger partial charge in [-0.3, -0.25) is 9.58 Å². The second kappa shape index (κ2) is 6.90. The fourth-order valence-corrected chi connectivity index (χ4v) is 4.06. The molecule has 0 spiro atoms. The maximum Gasteiger partial charge on any atom is 0.112 e. The van der Waals surface area contributed by atoms with Crippen molar-refractivity contribution in [3.05, 3.63) is 64.8 Å². The summed E-state index contributed by atoms with van der Waals surface area (Å²) in [5.41, 5.74) is 2.25. The lowest BCUT2D eigenvalue weighted by Gasteiger charge is -2.44. The van der Waals surface area contributed by atoms with Gasteiger partial charge in [-0.15, -0.1) is 0 Å². The Balaban J connectivity index is 1.62. The van der Waals surface area contributed by atoms with Gasteiger partial charge in [0, 0.05) is 18.5 Å². The molecule has 1 aromatic heterocycles. The Morgan fingerprint density at radius 1 is 1.12 bits per heavy atom. The summed E-state index contributed by atoms with van der Waals surface area (Å²) in [5.74, 6) is 0. The van der Waals surface area contributed by atoms with Crippen LogP contribution in [0.4, 0.5) is 0 Å². The van der Waals surface area contributed by atoms with Crippen molar-refractivity contribution >= 4 is 26.8 Å². The normalized spacial score (nSPS) is 21.7. The summed E-state index contributed by atoms with van der Waals surface area (Å²) in [6, 6.07) is 18.9. The van der Waals surface area contributed by atoms with Crippen molar-refractivity contribution in [2.24, 2.45) is 0 Å². The number of nitrogens with zero attached hydrogens (tertiary/aromatic N) is 3. The summed E-state index contributed by atoms with van der Waals surface area (Å²) in [6.45, 7) is 6.42. The Morgan fingerprint density at radius 2 is 1.88 bits per heavy atom. The van der Waals surface area contributed by atoms with E-state index < -0.39 is 0 Å². The van der Waals surface area contributed by atoms with E-state index in [4.69, 9.17) is 9.84 Å². The third-order valence-electron chi connectivity index (χ3n) is 4.97. The second-order valence-electron chi connectivity index (χ2n) is 6.92. The second-order valence-corrected chi connectivity index (χ2v) is 7.67. The van der Waals surface area contributed by atoms with Gasteiger partial charge in [0.05, 0.1) is 30.8 Å². The predicted molar refractivity (Wildman–Crippen MR) is 104 cm³/mol. The molecular formula is C20H22BrN3O. The van der Waals surface area contributed by atoms with Crippen LogP contribution in [-0.2, 0) is 17.8 Å². The summed E-state index contributed by atoms with van der Waals surface area (Å²) in [6.07, 6.45) is 0. The van der Waals surface area contributed by atoms with E-state index in [1.54, 1.807) is 0 Å². The molecule has 0 saturated carbocycles. The van der Waals surface area contributed by atoms with Gasteiger partial charge in [-0.25, -0.2) is 0 Å². The molecule has 0 aliphatic carbocycles. The molecule has 1 unspecified atom stereocenters. The Bertz CT molecular complexity index is 864. The number of morpholine rings is 1. The molecule has 25 heavy (non-hydrogen) atoms. The number of fused-ring (bicyclic) bond motifs is 1. The zero-order valence-corrected chi connectivity index (χ0v) is 15.9. The minimum atomic E-state index is -0.0986. The highest BCUT2D eigenvalue weighted by Crippen LogP contribution is 2.29. The lowest BCUT2D eigenvalue weighted by atomic mass is 9.98. The summed E-state index contributed by atoms with van der Waals surface area (Å²) >= 11 is 3.73. The monoisotopic (exact) mass is 399 g/mol. The van der Waals surface area contributed by atoms with Crippen LogP contribution in [0.15, 0.2) is 59.2 Å². The fourth-order valence-electron chi connectivity index (χ4n) is 3.52. The number of halogens is 1. The molecule has 4 nitrogen and oxygen atoms in total. The third kappa shape index (κ3) is 3.36. The van der Waals surface area contributed by atoms with Crippen molar-refractivity contribution in [2.45, 2.75) is 25.6 Å². The van der Waals surface area contributed by atoms with E-state index >= 15 is 0 Å². The van der Waals surface area contributed by atoms with Crippen LogP contribution in [0.5, 0.6) is 0 Å². The first-order valence-corrected chi connectivity index (χ1v) is 9.43. The van der Waals surface area contributed by atoms with Gasteiger partial charge < -0.3 is 4.74 Å². The van der Waals surface area contributed by atoms with Crippen molar-refractivity contribution in [1.82, 2.24) is 14.7 Å². The van der Waals surface area contributed by atoms with Crippen molar-refractivity contribution in [3.63, 3.8) is 0 Å². The molecule has 0 N–H and O–H groups in total. The van der Waals surface area contributed by atoms with Crippen molar-refractivity contribution < 1.29 is 4.74 Å². The molecule has 0 amide bonds. The highest BCUT2D eigenvalue weighted by Gasteiger charge is 2.36. The molecule has 3 aromatic rings. The first-order chi connectivity index (χ1) is 12.2. The summed E-state index contributed by atoms with van der Waals surface area (Å²) in [5, 5.41) is 5.93. The number of rotatable bonds is 4. The summed E-state index contributed by atoms with van der Waals surface area (Å²) < 4.78 is 8.94. The maximum absolute atomic E-state index is 5.84. The maximum atomic E-state index is 5.84. The van der Waals surface area contributed by atoms with Crippen LogP contribution in [0.1, 0.15) is 12.5 Å². The molecule has 4 rings (SSSR count). The minimum absolute atomic E-state index is 0.0986. The largest absolute Gasteiger partial charge is 0.378 e. The highest BCUT2D eigenvalue weighted by atomic mass is 79.9. The molecule has 130 valence electrons. The first-order valence-electron chi connectivity index (χ1n) is 8.63. The predicted octanol–water partition coefficient (Wildman–Crippen LogP) is 4.09. The Labute approximate surface area is 156 Å². The van der Waals surface area contributed by atoms with E-state index in [9.17, 15) is 0 Å². The quantitative estimate of drug-likeness (QED) is 0.661. The first kappa shape index (κ1) is 16.8. The summed E-state index contributed by atoms with van der Waals surface area (Å²) in [4.78, 5) is 2.52. The van der Waals surface area contributed by atoms with Crippen molar-refractivity contribution in [2.75, 3.05) is 19.8 Å². The van der Waals surface area contributed by atoms with Crippen LogP contribution in [0.2, 0.25) is 0 Å². The van der Waals surface area contributed by atoms with Gasteiger partial charge in [-0.2, -0.15) is 5.10 Å². The van der Waals surface area contributed by atoms with E-state index in [1.807, 2.05) is 12.1 Å². The van der Waals surface area contributed by atoms with Gasteiger partial charge in [0.1, 0.15) is 4.60 Å². The Kier molecular flexibility index (Phi) is 4.63. The molecule has 1 aliphatic heterocycles. The van der Waals surface area contributed by atoms with Crippen LogP contribution < -0.4 is 0 Å². The lowest BCUT2D eigenvalue weighted by Crippen LogP contribution is -2.56. The number of hydrogen-bond acceptors (Lipinski definition) is 3. The highest BCUT2D eigenvalue weighted by molar-refractivity contribution is 9.10. The Morgan fingerprint density at radius 3 is 2.68 bits per heavy atom. The molecule has 0 radical (unpaired) electrons. The van der Waals surface area contributed by atoms with Crippen LogP contribution in [-0.4, -0.2) is 40.0 Å². The smallest absolute Gasteiger partial charge is 0.112 e. The average molecular weight is 400 g/mol. The van der Waals surface area contributed by atoms with Gasteiger partial charge in [0.25, 0.3) is 0 Å². The molecule has 5 heteroatoms. The molecule has 1 saturated heterocycles. The van der Waals surface area contributed by atoms with Crippen LogP contribution in [0.3, 0.4) is 0 Å². The molecular weight excluding hydrogens is 378 g/mol. The molecule has 1 aliphatic rings. The number of aromatic nitrogens is 2. The topological polar surface area (TPSA) is 30.3 Å². The van der Waals surface area contributed by atoms with Crippen LogP contribution in [0.25, 0.3) is 10.9 Å². The third-order valence-corrected chi connectivity index (χ3v) is 5.81. The van der Waals surface area contributed by atoms with Crippen molar-refractivity contribution in [3.8, 4) is 0 Å². The molecule has 1 atom stereocenters. The summed E-state index contributed by atoms with van der Waals surface area (Å²) in [7, 11) is 0. The SMILES string of the molecule is CC1(Cn2nc3ccccc3c2Br)COCCN1Cc1ccccc1. The van der Waals surface area contributed by atoms with E-state index in [0.717, 1.165) is 41.7 Å². The van der Waals surface area contributed by atoms with E-state index in [-0.39, 0.29) is 5.54 Å². The van der Waals surface area contributed by atoms with E-state index in [0.29, 0.717) is 6.61 Å². The zero-order chi connectivity index (χ0) is 17.3. The zero-order valence-electron chi connectivity index (χ0n) is 14.4. The van der Waals surface area contributed by atoms with Gasteiger partial charge in [0.15, 0.2) is 0 Å². The minimum Gasteiger partial charge on any atom is -0.378 e. The fraction of sp³-hybridized carbons (Fsp3) is 0.350. The molecule has 0 bridgehead atoms. The molecule has 2 heterocycles. The van der Waals surface area contributed by atoms with Crippen molar-refractivity contribution in [1.29, 1.82) is 0 Å². The van der Waals surface area contributed by atoms with Gasteiger partial charge >= 0.3 is 0 Å². The van der Waals surface area contributed by atoms with E-state index in [1.165, 1.54) is 5.56 Å². The van der Waals surface area contributed by atoms with Gasteiger partial charge in [-0.1, -0.05) is 48.5 Å². The number of benzene rings is 2. The van der Waals surface area contributed by atoms with Crippen LogP contribution >= 0.6 is 15.9 Å². The lowest BCUT2D eigenvalue weighted by molar-refractivity contribution is -0.0736. The molecule has 2 aromatic carbocycles. The number of hydrogen-bond donors (Lipinski definition) is 0. The standard InChI is InChI=1S/C20H22BrN3O/c1-20(14-24-19(21)17-9-5-6-10-18(17)22-24)15-25-12-11-23(20)13-16-7-3-2-4-8-16/h2-10H,11-15H2,1H3. The van der Waals surface area contributed by atoms with Gasteiger partial charge in [0.2, 0.25) is 0 Å².